The van der Waals surface area contributed by atoms with Gasteiger partial charge in [0.2, 0.25) is 0 Å². The van der Waals surface area contributed by atoms with Crippen LogP contribution < -0.4 is 15.5 Å². The number of aromatic nitrogens is 1. The minimum absolute atomic E-state index is 0.116. The van der Waals surface area contributed by atoms with Crippen molar-refractivity contribution in [1.29, 1.82) is 0 Å². The summed E-state index contributed by atoms with van der Waals surface area (Å²) in [5, 5.41) is 14.6. The topological polar surface area (TPSA) is 77.5 Å². The molecule has 0 fully saturated rings. The number of carbonyl (C=O) groups excluding carboxylic acids is 1. The molecule has 0 radical (unpaired) electrons. The highest BCUT2D eigenvalue weighted by molar-refractivity contribution is 5.73. The van der Waals surface area contributed by atoms with E-state index in [1.54, 1.807) is 0 Å². The number of hydrogen-bond acceptors (Lipinski definition) is 4. The highest BCUT2D eigenvalue weighted by Gasteiger charge is 2.17. The van der Waals surface area contributed by atoms with Crippen LogP contribution in [-0.2, 0) is 6.54 Å². The van der Waals surface area contributed by atoms with Gasteiger partial charge in [0.05, 0.1) is 12.2 Å². The quantitative estimate of drug-likeness (QED) is 0.709. The summed E-state index contributed by atoms with van der Waals surface area (Å²) in [6.45, 7) is 5.03. The van der Waals surface area contributed by atoms with E-state index in [2.05, 4.69) is 15.6 Å². The number of aliphatic hydroxyl groups is 1. The van der Waals surface area contributed by atoms with Crippen molar-refractivity contribution in [1.82, 2.24) is 15.6 Å². The maximum atomic E-state index is 11.8. The maximum absolute atomic E-state index is 11.8. The molecular weight excluding hydrogens is 268 g/mol. The van der Waals surface area contributed by atoms with Crippen LogP contribution in [-0.4, -0.2) is 43.4 Å². The number of carbonyl (C=O) groups is 1. The normalized spacial score (nSPS) is 11.1. The summed E-state index contributed by atoms with van der Waals surface area (Å²) in [6.07, 6.45) is 0.652. The first-order valence-electron chi connectivity index (χ1n) is 7.10. The van der Waals surface area contributed by atoms with Crippen molar-refractivity contribution >= 4 is 11.8 Å². The number of rotatable bonds is 7. The molecule has 0 saturated carbocycles. The molecule has 118 valence electrons. The molecule has 0 aliphatic carbocycles. The molecule has 1 aromatic heterocycles. The van der Waals surface area contributed by atoms with Crippen LogP contribution in [0.2, 0.25) is 0 Å². The summed E-state index contributed by atoms with van der Waals surface area (Å²) in [5.74, 6) is 0.860. The van der Waals surface area contributed by atoms with E-state index in [0.29, 0.717) is 19.5 Å². The van der Waals surface area contributed by atoms with Crippen LogP contribution in [0.1, 0.15) is 26.0 Å². The van der Waals surface area contributed by atoms with Crippen LogP contribution >= 0.6 is 0 Å². The van der Waals surface area contributed by atoms with Crippen LogP contribution in [0.5, 0.6) is 0 Å². The van der Waals surface area contributed by atoms with Gasteiger partial charge in [0.15, 0.2) is 0 Å². The summed E-state index contributed by atoms with van der Waals surface area (Å²) in [6, 6.07) is 5.49. The van der Waals surface area contributed by atoms with E-state index in [-0.39, 0.29) is 18.1 Å². The Balaban J connectivity index is 2.41. The van der Waals surface area contributed by atoms with E-state index in [9.17, 15) is 4.79 Å². The Hall–Kier alpha value is -1.82. The lowest BCUT2D eigenvalue weighted by Crippen LogP contribution is -2.40. The lowest BCUT2D eigenvalue weighted by Gasteiger charge is -2.23. The molecule has 6 nitrogen and oxygen atoms in total. The van der Waals surface area contributed by atoms with Gasteiger partial charge in [-0.15, -0.1) is 0 Å². The number of pyridine rings is 1. The average molecular weight is 294 g/mol. The van der Waals surface area contributed by atoms with Crippen LogP contribution in [0.4, 0.5) is 10.6 Å². The smallest absolute Gasteiger partial charge is 0.315 e. The van der Waals surface area contributed by atoms with Crippen molar-refractivity contribution in [2.24, 2.45) is 5.41 Å². The van der Waals surface area contributed by atoms with E-state index >= 15 is 0 Å². The summed E-state index contributed by atoms with van der Waals surface area (Å²) in [5.41, 5.74) is 0.695. The monoisotopic (exact) mass is 294 g/mol. The van der Waals surface area contributed by atoms with Gasteiger partial charge < -0.3 is 20.6 Å². The summed E-state index contributed by atoms with van der Waals surface area (Å²) in [4.78, 5) is 18.1. The van der Waals surface area contributed by atoms with Crippen LogP contribution in [0.15, 0.2) is 18.2 Å². The van der Waals surface area contributed by atoms with Crippen molar-refractivity contribution in [3.05, 3.63) is 23.9 Å². The number of nitrogens with zero attached hydrogens (tertiary/aromatic N) is 2. The Morgan fingerprint density at radius 2 is 2.05 bits per heavy atom. The fraction of sp³-hybridized carbons (Fsp3) is 0.600. The van der Waals surface area contributed by atoms with E-state index in [4.69, 9.17) is 5.11 Å². The lowest BCUT2D eigenvalue weighted by atomic mass is 9.90. The van der Waals surface area contributed by atoms with Crippen molar-refractivity contribution < 1.29 is 9.90 Å². The number of amides is 2. The van der Waals surface area contributed by atoms with Gasteiger partial charge in [-0.2, -0.15) is 0 Å². The molecule has 2 amide bonds. The SMILES string of the molecule is CN(C)c1cccc(CNC(=O)NCC(C)(C)CCO)n1. The Morgan fingerprint density at radius 3 is 2.67 bits per heavy atom. The average Bonchev–Trinajstić information content (AvgIpc) is 2.43. The summed E-state index contributed by atoms with van der Waals surface area (Å²) >= 11 is 0. The third kappa shape index (κ3) is 6.44. The Labute approximate surface area is 126 Å². The Morgan fingerprint density at radius 1 is 1.33 bits per heavy atom. The number of urea groups is 1. The Kier molecular flexibility index (Phi) is 6.42. The van der Waals surface area contributed by atoms with Gasteiger partial charge in [0, 0.05) is 27.2 Å². The third-order valence-corrected chi connectivity index (χ3v) is 3.20. The van der Waals surface area contributed by atoms with Crippen molar-refractivity contribution in [3.63, 3.8) is 0 Å². The van der Waals surface area contributed by atoms with Crippen LogP contribution in [0.3, 0.4) is 0 Å². The zero-order valence-electron chi connectivity index (χ0n) is 13.3. The van der Waals surface area contributed by atoms with Crippen molar-refractivity contribution in [3.8, 4) is 0 Å². The minimum Gasteiger partial charge on any atom is -0.396 e. The molecule has 0 aliphatic rings. The molecule has 0 spiro atoms. The second-order valence-electron chi connectivity index (χ2n) is 6.06. The molecule has 1 heterocycles. The standard InChI is InChI=1S/C15H26N4O2/c1-15(2,8-9-20)11-17-14(21)16-10-12-6-5-7-13(18-12)19(3)4/h5-7,20H,8-11H2,1-4H3,(H2,16,17,21). The molecule has 3 N–H and O–H groups in total. The molecule has 0 saturated heterocycles. The van der Waals surface area contributed by atoms with Gasteiger partial charge in [-0.25, -0.2) is 9.78 Å². The summed E-state index contributed by atoms with van der Waals surface area (Å²) < 4.78 is 0. The first-order valence-corrected chi connectivity index (χ1v) is 7.10. The maximum Gasteiger partial charge on any atom is 0.315 e. The van der Waals surface area contributed by atoms with Gasteiger partial charge >= 0.3 is 6.03 Å². The van der Waals surface area contributed by atoms with Gasteiger partial charge in [-0.3, -0.25) is 0 Å². The second-order valence-corrected chi connectivity index (χ2v) is 6.06. The molecule has 0 bridgehead atoms. The molecule has 21 heavy (non-hydrogen) atoms. The lowest BCUT2D eigenvalue weighted by molar-refractivity contribution is 0.201. The molecule has 1 aromatic rings. The van der Waals surface area contributed by atoms with Crippen molar-refractivity contribution in [2.75, 3.05) is 32.1 Å². The highest BCUT2D eigenvalue weighted by Crippen LogP contribution is 2.17. The number of nitrogens with one attached hydrogen (secondary N) is 2. The van der Waals surface area contributed by atoms with Crippen molar-refractivity contribution in [2.45, 2.75) is 26.8 Å². The zero-order valence-corrected chi connectivity index (χ0v) is 13.3. The highest BCUT2D eigenvalue weighted by atomic mass is 16.3. The van der Waals surface area contributed by atoms with Crippen LogP contribution in [0, 0.1) is 5.41 Å². The van der Waals surface area contributed by atoms with E-state index in [0.717, 1.165) is 11.5 Å². The molecule has 1 rings (SSSR count). The molecule has 6 heteroatoms. The summed E-state index contributed by atoms with van der Waals surface area (Å²) in [7, 11) is 3.85. The fourth-order valence-electron chi connectivity index (χ4n) is 1.76. The molecular formula is C15H26N4O2. The van der Waals surface area contributed by atoms with Gasteiger partial charge in [0.1, 0.15) is 5.82 Å². The van der Waals surface area contributed by atoms with E-state index in [1.165, 1.54) is 0 Å². The minimum atomic E-state index is -0.224. The molecule has 0 aromatic carbocycles. The van der Waals surface area contributed by atoms with E-state index < -0.39 is 0 Å². The molecule has 0 unspecified atom stereocenters. The van der Waals surface area contributed by atoms with Gasteiger partial charge in [-0.05, 0) is 24.0 Å². The molecule has 0 atom stereocenters. The fourth-order valence-corrected chi connectivity index (χ4v) is 1.76. The number of anilines is 1. The van der Waals surface area contributed by atoms with Crippen LogP contribution in [0.25, 0.3) is 0 Å². The van der Waals surface area contributed by atoms with Gasteiger partial charge in [0.25, 0.3) is 0 Å². The number of hydrogen-bond donors (Lipinski definition) is 3. The predicted octanol–water partition coefficient (Wildman–Crippen LogP) is 1.36. The molecule has 0 aliphatic heterocycles. The Bertz CT molecular complexity index is 461. The predicted molar refractivity (Wildman–Crippen MR) is 84.3 cm³/mol. The first kappa shape index (κ1) is 17.2. The number of aliphatic hydroxyl groups excluding tert-OH is 1. The largest absolute Gasteiger partial charge is 0.396 e. The first-order chi connectivity index (χ1) is 9.84. The zero-order chi connectivity index (χ0) is 15.9. The second kappa shape index (κ2) is 7.83. The van der Waals surface area contributed by atoms with Gasteiger partial charge in [-0.1, -0.05) is 19.9 Å². The van der Waals surface area contributed by atoms with E-state index in [1.807, 2.05) is 51.0 Å². The third-order valence-electron chi connectivity index (χ3n) is 3.20.